The van der Waals surface area contributed by atoms with Crippen molar-refractivity contribution >= 4 is 28.7 Å². The van der Waals surface area contributed by atoms with Gasteiger partial charge in [-0.15, -0.1) is 0 Å². The van der Waals surface area contributed by atoms with Gasteiger partial charge in [0.2, 0.25) is 0 Å². The third-order valence-corrected chi connectivity index (χ3v) is 5.54. The second-order valence-corrected chi connectivity index (χ2v) is 8.87. The molecule has 3 aromatic heterocycles. The van der Waals surface area contributed by atoms with Crippen molar-refractivity contribution in [1.82, 2.24) is 20.0 Å². The highest BCUT2D eigenvalue weighted by Crippen LogP contribution is 2.27. The van der Waals surface area contributed by atoms with Gasteiger partial charge in [-0.2, -0.15) is 0 Å². The van der Waals surface area contributed by atoms with Gasteiger partial charge in [0.05, 0.1) is 0 Å². The molecule has 0 bridgehead atoms. The summed E-state index contributed by atoms with van der Waals surface area (Å²) in [6, 6.07) is 16.9. The molecule has 0 aliphatic carbocycles. The molecule has 0 saturated carbocycles. The Kier molecular flexibility index (Phi) is 4.77. The Morgan fingerprint density at radius 3 is 2.81 bits per heavy atom. The largest absolute Gasteiger partial charge is 0.359 e. The molecule has 32 heavy (non-hydrogen) atoms. The number of amides is 2. The maximum atomic E-state index is 12.8. The van der Waals surface area contributed by atoms with Crippen molar-refractivity contribution in [1.29, 1.82) is 0 Å². The number of hydrogen-bond acceptors (Lipinski definition) is 5. The molecule has 0 unspecified atom stereocenters. The summed E-state index contributed by atoms with van der Waals surface area (Å²) in [5.74, 6) is 0.463. The van der Waals surface area contributed by atoms with Crippen molar-refractivity contribution in [2.45, 2.75) is 26.8 Å². The Morgan fingerprint density at radius 2 is 2.00 bits per heavy atom. The van der Waals surface area contributed by atoms with Gasteiger partial charge in [-0.3, -0.25) is 9.59 Å². The molecule has 0 atom stereocenters. The van der Waals surface area contributed by atoms with E-state index >= 15 is 0 Å². The van der Waals surface area contributed by atoms with E-state index in [2.05, 4.69) is 34.6 Å². The zero-order valence-electron chi connectivity index (χ0n) is 17.9. The minimum absolute atomic E-state index is 0.131. The summed E-state index contributed by atoms with van der Waals surface area (Å²) < 4.78 is 7.24. The second-order valence-electron chi connectivity index (χ2n) is 8.87. The monoisotopic (exact) mass is 429 g/mol. The van der Waals surface area contributed by atoms with E-state index in [0.717, 1.165) is 10.9 Å². The lowest BCUT2D eigenvalue weighted by molar-refractivity contribution is 0.0942. The normalized spacial score (nSPS) is 15.1. The predicted octanol–water partition coefficient (Wildman–Crippen LogP) is 3.64. The van der Waals surface area contributed by atoms with Crippen LogP contribution in [0, 0.1) is 5.41 Å². The molecule has 2 amide bonds. The first-order chi connectivity index (χ1) is 15.4. The van der Waals surface area contributed by atoms with E-state index in [9.17, 15) is 9.59 Å². The number of rotatable bonds is 4. The summed E-state index contributed by atoms with van der Waals surface area (Å²) in [4.78, 5) is 29.9. The molecule has 162 valence electrons. The number of anilines is 1. The van der Waals surface area contributed by atoms with Crippen LogP contribution >= 0.6 is 0 Å². The van der Waals surface area contributed by atoms with E-state index in [4.69, 9.17) is 4.52 Å². The van der Waals surface area contributed by atoms with Crippen molar-refractivity contribution in [3.63, 3.8) is 0 Å². The van der Waals surface area contributed by atoms with Crippen molar-refractivity contribution in [2.75, 3.05) is 11.9 Å². The number of nitrogens with one attached hydrogen (secondary N) is 2. The number of hydrogen-bond donors (Lipinski definition) is 2. The van der Waals surface area contributed by atoms with Gasteiger partial charge in [0.15, 0.2) is 5.82 Å². The smallest absolute Gasteiger partial charge is 0.275 e. The third-order valence-electron chi connectivity index (χ3n) is 5.54. The molecule has 1 aromatic carbocycles. The summed E-state index contributed by atoms with van der Waals surface area (Å²) in [6.07, 6.45) is 0.585. The summed E-state index contributed by atoms with van der Waals surface area (Å²) in [7, 11) is 0. The third kappa shape index (κ3) is 3.87. The molecule has 0 spiro atoms. The Balaban J connectivity index is 1.39. The molecule has 2 N–H and O–H groups in total. The fourth-order valence-electron chi connectivity index (χ4n) is 3.93. The zero-order chi connectivity index (χ0) is 22.3. The highest BCUT2D eigenvalue weighted by molar-refractivity contribution is 6.04. The van der Waals surface area contributed by atoms with Gasteiger partial charge in [-0.1, -0.05) is 49.3 Å². The molecule has 1 aliphatic rings. The number of benzene rings is 1. The lowest BCUT2D eigenvalue weighted by Crippen LogP contribution is -2.31. The summed E-state index contributed by atoms with van der Waals surface area (Å²) >= 11 is 0. The van der Waals surface area contributed by atoms with Crippen LogP contribution in [0.15, 0.2) is 59.1 Å². The summed E-state index contributed by atoms with van der Waals surface area (Å²) in [5.41, 5.74) is 2.37. The Hall–Kier alpha value is -3.94. The first kappa shape index (κ1) is 20.0. The average molecular weight is 429 g/mol. The average Bonchev–Trinajstić information content (AvgIpc) is 3.33. The number of pyridine rings is 1. The Labute approximate surface area is 184 Å². The fourth-order valence-corrected chi connectivity index (χ4v) is 3.93. The van der Waals surface area contributed by atoms with Gasteiger partial charge < -0.3 is 19.7 Å². The van der Waals surface area contributed by atoms with Gasteiger partial charge >= 0.3 is 0 Å². The lowest BCUT2D eigenvalue weighted by Gasteiger charge is -2.22. The van der Waals surface area contributed by atoms with Crippen LogP contribution in [0.4, 0.5) is 5.82 Å². The number of carbonyl (C=O) groups is 2. The van der Waals surface area contributed by atoms with Crippen LogP contribution in [0.3, 0.4) is 0 Å². The molecular weight excluding hydrogens is 406 g/mol. The molecule has 0 fully saturated rings. The molecule has 8 heteroatoms. The van der Waals surface area contributed by atoms with E-state index in [1.54, 1.807) is 12.1 Å². The predicted molar refractivity (Wildman–Crippen MR) is 120 cm³/mol. The fraction of sp³-hybridized carbons (Fsp3) is 0.250. The van der Waals surface area contributed by atoms with Crippen LogP contribution in [0.2, 0.25) is 0 Å². The van der Waals surface area contributed by atoms with Crippen molar-refractivity contribution in [3.8, 4) is 0 Å². The van der Waals surface area contributed by atoms with Crippen LogP contribution < -0.4 is 10.6 Å². The molecule has 4 aromatic rings. The quantitative estimate of drug-likeness (QED) is 0.516. The van der Waals surface area contributed by atoms with Gasteiger partial charge in [0, 0.05) is 36.4 Å². The van der Waals surface area contributed by atoms with Gasteiger partial charge in [-0.05, 0) is 23.8 Å². The summed E-state index contributed by atoms with van der Waals surface area (Å²) in [6.45, 7) is 5.37. The molecule has 4 heterocycles. The van der Waals surface area contributed by atoms with Crippen molar-refractivity contribution < 1.29 is 14.1 Å². The van der Waals surface area contributed by atoms with Crippen LogP contribution in [0.5, 0.6) is 0 Å². The van der Waals surface area contributed by atoms with Gasteiger partial charge in [0.1, 0.15) is 22.8 Å². The highest BCUT2D eigenvalue weighted by atomic mass is 16.5. The van der Waals surface area contributed by atoms with E-state index in [1.807, 2.05) is 47.0 Å². The van der Waals surface area contributed by atoms with Crippen LogP contribution in [-0.4, -0.2) is 33.1 Å². The maximum absolute atomic E-state index is 12.8. The minimum atomic E-state index is -0.389. The molecule has 0 radical (unpaired) electrons. The Morgan fingerprint density at radius 1 is 1.19 bits per heavy atom. The molecule has 1 aliphatic heterocycles. The lowest BCUT2D eigenvalue weighted by atomic mass is 9.94. The SMILES string of the molecule is CC1(C)CNC(=O)c2cc3ccc(C(=O)Nc4cc(Cc5ccccc5)on4)nc3n2C1. The molecule has 5 rings (SSSR count). The van der Waals surface area contributed by atoms with Crippen LogP contribution in [0.1, 0.15) is 46.1 Å². The zero-order valence-corrected chi connectivity index (χ0v) is 17.9. The van der Waals surface area contributed by atoms with E-state index in [-0.39, 0.29) is 22.9 Å². The Bertz CT molecular complexity index is 1320. The first-order valence-electron chi connectivity index (χ1n) is 10.5. The van der Waals surface area contributed by atoms with Gasteiger partial charge in [0.25, 0.3) is 11.8 Å². The van der Waals surface area contributed by atoms with Crippen molar-refractivity contribution in [2.24, 2.45) is 5.41 Å². The molecule has 0 saturated heterocycles. The maximum Gasteiger partial charge on any atom is 0.275 e. The standard InChI is InChI=1S/C24H23N5O3/c1-24(2)13-25-23(31)19-11-16-8-9-18(26-21(16)29(19)14-24)22(30)27-20-12-17(32-28-20)10-15-6-4-3-5-7-15/h3-9,11-12H,10,13-14H2,1-2H3,(H,25,31)(H,27,28,30). The number of nitrogens with zero attached hydrogens (tertiary/aromatic N) is 3. The highest BCUT2D eigenvalue weighted by Gasteiger charge is 2.29. The van der Waals surface area contributed by atoms with Crippen LogP contribution in [0.25, 0.3) is 11.0 Å². The van der Waals surface area contributed by atoms with Gasteiger partial charge in [-0.25, -0.2) is 4.98 Å². The van der Waals surface area contributed by atoms with Crippen molar-refractivity contribution in [3.05, 3.63) is 77.3 Å². The summed E-state index contributed by atoms with van der Waals surface area (Å²) in [5, 5.41) is 10.5. The second kappa shape index (κ2) is 7.64. The van der Waals surface area contributed by atoms with Crippen LogP contribution in [-0.2, 0) is 13.0 Å². The topological polar surface area (TPSA) is 102 Å². The first-order valence-corrected chi connectivity index (χ1v) is 10.5. The van der Waals surface area contributed by atoms with E-state index in [0.29, 0.717) is 42.4 Å². The number of fused-ring (bicyclic) bond motifs is 3. The molecule has 8 nitrogen and oxygen atoms in total. The van der Waals surface area contributed by atoms with E-state index in [1.165, 1.54) is 0 Å². The minimum Gasteiger partial charge on any atom is -0.359 e. The number of carbonyl (C=O) groups excluding carboxylic acids is 2. The van der Waals surface area contributed by atoms with E-state index < -0.39 is 0 Å². The number of aromatic nitrogens is 3. The molecular formula is C24H23N5O3.